The van der Waals surface area contributed by atoms with E-state index in [1.165, 1.54) is 11.1 Å². The molecular weight excluding hydrogens is 396 g/mol. The summed E-state index contributed by atoms with van der Waals surface area (Å²) in [5.41, 5.74) is 5.38. The summed E-state index contributed by atoms with van der Waals surface area (Å²) in [6, 6.07) is 14.0. The van der Waals surface area contributed by atoms with Gasteiger partial charge in [0.1, 0.15) is 0 Å². The Labute approximate surface area is 182 Å². The lowest BCUT2D eigenvalue weighted by Crippen LogP contribution is -2.48. The van der Waals surface area contributed by atoms with Crippen molar-refractivity contribution in [1.82, 2.24) is 14.8 Å². The van der Waals surface area contributed by atoms with Crippen LogP contribution in [-0.4, -0.2) is 53.4 Å². The Morgan fingerprint density at radius 3 is 2.60 bits per heavy atom. The highest BCUT2D eigenvalue weighted by molar-refractivity contribution is 6.35. The van der Waals surface area contributed by atoms with Gasteiger partial charge in [-0.25, -0.2) is 0 Å². The van der Waals surface area contributed by atoms with E-state index in [0.29, 0.717) is 6.54 Å². The van der Waals surface area contributed by atoms with Gasteiger partial charge in [-0.3, -0.25) is 19.6 Å². The van der Waals surface area contributed by atoms with Crippen molar-refractivity contribution < 1.29 is 4.79 Å². The molecule has 6 heteroatoms. The van der Waals surface area contributed by atoms with E-state index in [2.05, 4.69) is 39.2 Å². The van der Waals surface area contributed by atoms with E-state index in [0.717, 1.165) is 59.9 Å². The van der Waals surface area contributed by atoms with Gasteiger partial charge in [0.25, 0.3) is 0 Å². The molecule has 0 atom stereocenters. The maximum atomic E-state index is 12.5. The largest absolute Gasteiger partial charge is 0.325 e. The normalized spacial score (nSPS) is 15.4. The van der Waals surface area contributed by atoms with Crippen LogP contribution in [0.1, 0.15) is 16.7 Å². The summed E-state index contributed by atoms with van der Waals surface area (Å²) in [4.78, 5) is 21.7. The molecule has 5 nitrogen and oxygen atoms in total. The standard InChI is InChI=1S/C24H27ClN4O/c1-17-5-3-7-22(18(17)2)27-23(30)16-29-13-11-28(12-14-29)15-19-8-9-21(25)20-6-4-10-26-24(19)20/h3-10H,11-16H2,1-2H3,(H,27,30). The van der Waals surface area contributed by atoms with Gasteiger partial charge < -0.3 is 5.32 Å². The van der Waals surface area contributed by atoms with Gasteiger partial charge in [-0.1, -0.05) is 29.8 Å². The van der Waals surface area contributed by atoms with Crippen molar-refractivity contribution in [3.63, 3.8) is 0 Å². The molecule has 1 saturated heterocycles. The molecule has 30 heavy (non-hydrogen) atoms. The molecular formula is C24H27ClN4O. The van der Waals surface area contributed by atoms with E-state index in [1.54, 1.807) is 0 Å². The highest BCUT2D eigenvalue weighted by Crippen LogP contribution is 2.26. The maximum Gasteiger partial charge on any atom is 0.238 e. The quantitative estimate of drug-likeness (QED) is 0.667. The number of aryl methyl sites for hydroxylation is 1. The molecule has 0 bridgehead atoms. The number of hydrogen-bond donors (Lipinski definition) is 1. The SMILES string of the molecule is Cc1cccc(NC(=O)CN2CCN(Cc3ccc(Cl)c4cccnc34)CC2)c1C. The predicted octanol–water partition coefficient (Wildman–Crippen LogP) is 4.26. The Morgan fingerprint density at radius 2 is 1.80 bits per heavy atom. The van der Waals surface area contributed by atoms with E-state index in [1.807, 2.05) is 43.5 Å². The number of nitrogens with one attached hydrogen (secondary N) is 1. The number of carbonyl (C=O) groups excluding carboxylic acids is 1. The highest BCUT2D eigenvalue weighted by atomic mass is 35.5. The lowest BCUT2D eigenvalue weighted by atomic mass is 10.1. The van der Waals surface area contributed by atoms with E-state index < -0.39 is 0 Å². The van der Waals surface area contributed by atoms with Crippen molar-refractivity contribution >= 4 is 34.1 Å². The van der Waals surface area contributed by atoms with Gasteiger partial charge in [0, 0.05) is 55.0 Å². The zero-order valence-electron chi connectivity index (χ0n) is 17.5. The summed E-state index contributed by atoms with van der Waals surface area (Å²) >= 11 is 6.32. The van der Waals surface area contributed by atoms with Crippen LogP contribution in [0.2, 0.25) is 5.02 Å². The lowest BCUT2D eigenvalue weighted by molar-refractivity contribution is -0.117. The summed E-state index contributed by atoms with van der Waals surface area (Å²) < 4.78 is 0. The third-order valence-corrected chi connectivity index (χ3v) is 6.23. The summed E-state index contributed by atoms with van der Waals surface area (Å²) in [5, 5.41) is 4.80. The summed E-state index contributed by atoms with van der Waals surface area (Å²) in [5.74, 6) is 0.0463. The molecule has 0 radical (unpaired) electrons. The van der Waals surface area contributed by atoms with Crippen LogP contribution in [0, 0.1) is 13.8 Å². The summed E-state index contributed by atoms with van der Waals surface area (Å²) in [7, 11) is 0. The first-order chi connectivity index (χ1) is 14.5. The van der Waals surface area contributed by atoms with E-state index in [-0.39, 0.29) is 5.91 Å². The van der Waals surface area contributed by atoms with Crippen LogP contribution < -0.4 is 5.32 Å². The van der Waals surface area contributed by atoms with Crippen LogP contribution in [-0.2, 0) is 11.3 Å². The highest BCUT2D eigenvalue weighted by Gasteiger charge is 2.20. The molecule has 156 valence electrons. The predicted molar refractivity (Wildman–Crippen MR) is 123 cm³/mol. The third kappa shape index (κ3) is 4.64. The minimum absolute atomic E-state index is 0.0463. The van der Waals surface area contributed by atoms with Crippen molar-refractivity contribution in [2.75, 3.05) is 38.0 Å². The minimum atomic E-state index is 0.0463. The molecule has 0 saturated carbocycles. The molecule has 1 aliphatic heterocycles. The molecule has 0 aliphatic carbocycles. The molecule has 3 aromatic rings. The zero-order valence-corrected chi connectivity index (χ0v) is 18.2. The number of rotatable bonds is 5. The lowest BCUT2D eigenvalue weighted by Gasteiger charge is -2.34. The third-order valence-electron chi connectivity index (χ3n) is 5.90. The molecule has 1 amide bonds. The Bertz CT molecular complexity index is 1060. The molecule has 1 aliphatic rings. The second-order valence-electron chi connectivity index (χ2n) is 7.95. The molecule has 1 fully saturated rings. The smallest absolute Gasteiger partial charge is 0.238 e. The van der Waals surface area contributed by atoms with Gasteiger partial charge in [0.15, 0.2) is 0 Å². The van der Waals surface area contributed by atoms with Gasteiger partial charge in [0.05, 0.1) is 12.1 Å². The molecule has 2 heterocycles. The number of piperazine rings is 1. The Balaban J connectivity index is 1.32. The Morgan fingerprint density at radius 1 is 1.03 bits per heavy atom. The number of nitrogens with zero attached hydrogens (tertiary/aromatic N) is 3. The van der Waals surface area contributed by atoms with Crippen LogP contribution in [0.5, 0.6) is 0 Å². The van der Waals surface area contributed by atoms with Crippen LogP contribution in [0.4, 0.5) is 5.69 Å². The minimum Gasteiger partial charge on any atom is -0.325 e. The number of carbonyl (C=O) groups is 1. The molecule has 1 N–H and O–H groups in total. The molecule has 0 unspecified atom stereocenters. The number of fused-ring (bicyclic) bond motifs is 1. The maximum absolute atomic E-state index is 12.5. The fourth-order valence-corrected chi connectivity index (χ4v) is 4.17. The van der Waals surface area contributed by atoms with Gasteiger partial charge in [0.2, 0.25) is 5.91 Å². The number of anilines is 1. The average molecular weight is 423 g/mol. The monoisotopic (exact) mass is 422 g/mol. The van der Waals surface area contributed by atoms with Crippen molar-refractivity contribution in [2.45, 2.75) is 20.4 Å². The molecule has 1 aromatic heterocycles. The summed E-state index contributed by atoms with van der Waals surface area (Å²) in [6.07, 6.45) is 1.81. The first-order valence-corrected chi connectivity index (χ1v) is 10.7. The van der Waals surface area contributed by atoms with Gasteiger partial charge >= 0.3 is 0 Å². The van der Waals surface area contributed by atoms with Crippen LogP contribution >= 0.6 is 11.6 Å². The number of pyridine rings is 1. The number of hydrogen-bond acceptors (Lipinski definition) is 4. The zero-order chi connectivity index (χ0) is 21.1. The fourth-order valence-electron chi connectivity index (χ4n) is 3.95. The first kappa shape index (κ1) is 20.8. The van der Waals surface area contributed by atoms with E-state index in [9.17, 15) is 4.79 Å². The van der Waals surface area contributed by atoms with Crippen molar-refractivity contribution in [3.8, 4) is 0 Å². The second kappa shape index (κ2) is 9.13. The van der Waals surface area contributed by atoms with E-state index in [4.69, 9.17) is 11.6 Å². The van der Waals surface area contributed by atoms with Crippen molar-refractivity contribution in [2.24, 2.45) is 0 Å². The topological polar surface area (TPSA) is 48.5 Å². The van der Waals surface area contributed by atoms with Crippen molar-refractivity contribution in [3.05, 3.63) is 70.4 Å². The Hall–Kier alpha value is -2.47. The first-order valence-electron chi connectivity index (χ1n) is 10.3. The molecule has 2 aromatic carbocycles. The fraction of sp³-hybridized carbons (Fsp3) is 0.333. The van der Waals surface area contributed by atoms with Crippen LogP contribution in [0.3, 0.4) is 0 Å². The molecule has 4 rings (SSSR count). The number of benzene rings is 2. The van der Waals surface area contributed by atoms with Crippen LogP contribution in [0.15, 0.2) is 48.7 Å². The number of amides is 1. The summed E-state index contributed by atoms with van der Waals surface area (Å²) in [6.45, 7) is 8.96. The average Bonchev–Trinajstić information content (AvgIpc) is 2.75. The van der Waals surface area contributed by atoms with E-state index >= 15 is 0 Å². The second-order valence-corrected chi connectivity index (χ2v) is 8.36. The van der Waals surface area contributed by atoms with Gasteiger partial charge in [-0.05, 0) is 54.8 Å². The van der Waals surface area contributed by atoms with Gasteiger partial charge in [-0.2, -0.15) is 0 Å². The Kier molecular flexibility index (Phi) is 6.32. The number of aromatic nitrogens is 1. The van der Waals surface area contributed by atoms with Crippen molar-refractivity contribution in [1.29, 1.82) is 0 Å². The molecule has 0 spiro atoms. The number of halogens is 1. The van der Waals surface area contributed by atoms with Crippen LogP contribution in [0.25, 0.3) is 10.9 Å². The van der Waals surface area contributed by atoms with Gasteiger partial charge in [-0.15, -0.1) is 0 Å².